The normalized spacial score (nSPS) is 11.3. The molecular weight excluding hydrogens is 322 g/mol. The number of carbonyl (C=O) groups is 3. The molecule has 0 saturated carbocycles. The molecule has 6 heteroatoms. The molecule has 6 nitrogen and oxygen atoms in total. The molecule has 0 aliphatic rings. The van der Waals surface area contributed by atoms with Crippen molar-refractivity contribution in [2.24, 2.45) is 0 Å². The van der Waals surface area contributed by atoms with Crippen LogP contribution in [0.25, 0.3) is 0 Å². The van der Waals surface area contributed by atoms with Crippen LogP contribution in [0.2, 0.25) is 0 Å². The summed E-state index contributed by atoms with van der Waals surface area (Å²) in [6.07, 6.45) is 0.319. The maximum absolute atomic E-state index is 12.4. The van der Waals surface area contributed by atoms with E-state index in [1.807, 2.05) is 30.3 Å². The molecule has 0 bridgehead atoms. The van der Waals surface area contributed by atoms with E-state index in [1.165, 1.54) is 38.5 Å². The van der Waals surface area contributed by atoms with Crippen LogP contribution in [0, 0.1) is 0 Å². The van der Waals surface area contributed by atoms with Crippen LogP contribution in [-0.4, -0.2) is 38.1 Å². The zero-order valence-corrected chi connectivity index (χ0v) is 14.0. The topological polar surface area (TPSA) is 81.7 Å². The zero-order chi connectivity index (χ0) is 18.2. The molecule has 2 aromatic carbocycles. The highest BCUT2D eigenvalue weighted by Crippen LogP contribution is 2.08. The van der Waals surface area contributed by atoms with E-state index in [0.29, 0.717) is 17.5 Å². The molecule has 0 heterocycles. The van der Waals surface area contributed by atoms with E-state index >= 15 is 0 Å². The first-order valence-corrected chi connectivity index (χ1v) is 7.66. The lowest BCUT2D eigenvalue weighted by molar-refractivity contribution is -0.142. The van der Waals surface area contributed by atoms with Crippen molar-refractivity contribution < 1.29 is 23.9 Å². The second kappa shape index (κ2) is 8.63. The van der Waals surface area contributed by atoms with Gasteiger partial charge in [-0.2, -0.15) is 0 Å². The number of benzene rings is 2. The summed E-state index contributed by atoms with van der Waals surface area (Å²) in [6, 6.07) is 14.5. The van der Waals surface area contributed by atoms with Crippen LogP contribution in [0.5, 0.6) is 0 Å². The fraction of sp³-hybridized carbons (Fsp3) is 0.211. The third kappa shape index (κ3) is 4.91. The van der Waals surface area contributed by atoms with Crippen molar-refractivity contribution >= 4 is 17.8 Å². The number of carbonyl (C=O) groups excluding carboxylic acids is 3. The van der Waals surface area contributed by atoms with Crippen molar-refractivity contribution in [3.05, 3.63) is 71.3 Å². The SMILES string of the molecule is COC(=O)c1ccc(C(=O)NC(Cc2ccccc2)C(=O)OC)cc1. The molecule has 0 fully saturated rings. The smallest absolute Gasteiger partial charge is 0.337 e. The van der Waals surface area contributed by atoms with Crippen LogP contribution in [0.15, 0.2) is 54.6 Å². The van der Waals surface area contributed by atoms with Gasteiger partial charge in [0.15, 0.2) is 0 Å². The molecule has 2 aromatic rings. The van der Waals surface area contributed by atoms with Crippen LogP contribution in [0.1, 0.15) is 26.3 Å². The largest absolute Gasteiger partial charge is 0.467 e. The lowest BCUT2D eigenvalue weighted by atomic mass is 10.1. The zero-order valence-electron chi connectivity index (χ0n) is 14.0. The molecule has 0 spiro atoms. The Morgan fingerprint density at radius 2 is 1.48 bits per heavy atom. The Morgan fingerprint density at radius 3 is 2.04 bits per heavy atom. The monoisotopic (exact) mass is 341 g/mol. The third-order valence-corrected chi connectivity index (χ3v) is 3.64. The van der Waals surface area contributed by atoms with Gasteiger partial charge in [0, 0.05) is 12.0 Å². The van der Waals surface area contributed by atoms with E-state index in [9.17, 15) is 14.4 Å². The van der Waals surface area contributed by atoms with Crippen molar-refractivity contribution in [3.8, 4) is 0 Å². The van der Waals surface area contributed by atoms with E-state index in [2.05, 4.69) is 10.1 Å². The minimum Gasteiger partial charge on any atom is -0.467 e. The molecular formula is C19H19NO5. The first-order chi connectivity index (χ1) is 12.0. The minimum absolute atomic E-state index is 0.319. The van der Waals surface area contributed by atoms with Crippen LogP contribution in [0.4, 0.5) is 0 Å². The summed E-state index contributed by atoms with van der Waals surface area (Å²) in [5.41, 5.74) is 1.57. The molecule has 130 valence electrons. The average Bonchev–Trinajstić information content (AvgIpc) is 2.67. The first-order valence-electron chi connectivity index (χ1n) is 7.66. The predicted octanol–water partition coefficient (Wildman–Crippen LogP) is 1.99. The highest BCUT2D eigenvalue weighted by molar-refractivity contribution is 5.98. The van der Waals surface area contributed by atoms with Gasteiger partial charge in [-0.05, 0) is 29.8 Å². The van der Waals surface area contributed by atoms with E-state index in [1.54, 1.807) is 0 Å². The summed E-state index contributed by atoms with van der Waals surface area (Å²) >= 11 is 0. The lowest BCUT2D eigenvalue weighted by Crippen LogP contribution is -2.43. The molecule has 1 amide bonds. The van der Waals surface area contributed by atoms with Gasteiger partial charge < -0.3 is 14.8 Å². The van der Waals surface area contributed by atoms with Gasteiger partial charge in [-0.3, -0.25) is 4.79 Å². The second-order valence-electron chi connectivity index (χ2n) is 5.31. The molecule has 1 N–H and O–H groups in total. The molecule has 25 heavy (non-hydrogen) atoms. The summed E-state index contributed by atoms with van der Waals surface area (Å²) in [5, 5.41) is 2.67. The molecule has 2 rings (SSSR count). The summed E-state index contributed by atoms with van der Waals surface area (Å²) in [4.78, 5) is 35.8. The summed E-state index contributed by atoms with van der Waals surface area (Å²) < 4.78 is 9.38. The number of ether oxygens (including phenoxy) is 2. The number of hydrogen-bond acceptors (Lipinski definition) is 5. The lowest BCUT2D eigenvalue weighted by Gasteiger charge is -2.16. The quantitative estimate of drug-likeness (QED) is 0.813. The summed E-state index contributed by atoms with van der Waals surface area (Å²) in [7, 11) is 2.56. The van der Waals surface area contributed by atoms with Gasteiger partial charge in [-0.15, -0.1) is 0 Å². The van der Waals surface area contributed by atoms with Gasteiger partial charge >= 0.3 is 11.9 Å². The Kier molecular flexibility index (Phi) is 6.28. The second-order valence-corrected chi connectivity index (χ2v) is 5.31. The third-order valence-electron chi connectivity index (χ3n) is 3.64. The Balaban J connectivity index is 2.11. The summed E-state index contributed by atoms with van der Waals surface area (Å²) in [5.74, 6) is -1.44. The molecule has 1 unspecified atom stereocenters. The van der Waals surface area contributed by atoms with Gasteiger partial charge in [0.25, 0.3) is 5.91 Å². The van der Waals surface area contributed by atoms with Gasteiger partial charge in [0.1, 0.15) is 6.04 Å². The average molecular weight is 341 g/mol. The van der Waals surface area contributed by atoms with Crippen molar-refractivity contribution in [2.75, 3.05) is 14.2 Å². The molecule has 1 atom stereocenters. The maximum Gasteiger partial charge on any atom is 0.337 e. The van der Waals surface area contributed by atoms with Gasteiger partial charge in [-0.1, -0.05) is 30.3 Å². The molecule has 0 saturated heterocycles. The maximum atomic E-state index is 12.4. The van der Waals surface area contributed by atoms with Crippen LogP contribution in [-0.2, 0) is 20.7 Å². The molecule has 0 aromatic heterocycles. The highest BCUT2D eigenvalue weighted by Gasteiger charge is 2.22. The van der Waals surface area contributed by atoms with Crippen molar-refractivity contribution in [2.45, 2.75) is 12.5 Å². The number of nitrogens with one attached hydrogen (secondary N) is 1. The van der Waals surface area contributed by atoms with Gasteiger partial charge in [-0.25, -0.2) is 9.59 Å². The molecule has 0 aliphatic heterocycles. The fourth-order valence-corrected chi connectivity index (χ4v) is 2.30. The number of methoxy groups -OCH3 is 2. The van der Waals surface area contributed by atoms with E-state index < -0.39 is 23.9 Å². The standard InChI is InChI=1S/C19H19NO5/c1-24-18(22)15-10-8-14(9-11-15)17(21)20-16(19(23)25-2)12-13-6-4-3-5-7-13/h3-11,16H,12H2,1-2H3,(H,20,21). The van der Waals surface area contributed by atoms with E-state index in [4.69, 9.17) is 4.74 Å². The summed E-state index contributed by atoms with van der Waals surface area (Å²) in [6.45, 7) is 0. The first kappa shape index (κ1) is 18.2. The Bertz CT molecular complexity index is 740. The van der Waals surface area contributed by atoms with Crippen molar-refractivity contribution in [3.63, 3.8) is 0 Å². The van der Waals surface area contributed by atoms with E-state index in [-0.39, 0.29) is 0 Å². The Hall–Kier alpha value is -3.15. The molecule has 0 aliphatic carbocycles. The van der Waals surface area contributed by atoms with Gasteiger partial charge in [0.2, 0.25) is 0 Å². The minimum atomic E-state index is -0.805. The van der Waals surface area contributed by atoms with Crippen molar-refractivity contribution in [1.29, 1.82) is 0 Å². The predicted molar refractivity (Wildman–Crippen MR) is 91.2 cm³/mol. The molecule has 0 radical (unpaired) electrons. The fourth-order valence-electron chi connectivity index (χ4n) is 2.30. The van der Waals surface area contributed by atoms with Crippen LogP contribution < -0.4 is 5.32 Å². The van der Waals surface area contributed by atoms with Crippen LogP contribution >= 0.6 is 0 Å². The number of rotatable bonds is 6. The number of esters is 2. The Labute approximate surface area is 145 Å². The number of amides is 1. The van der Waals surface area contributed by atoms with Crippen LogP contribution in [0.3, 0.4) is 0 Å². The Morgan fingerprint density at radius 1 is 0.880 bits per heavy atom. The van der Waals surface area contributed by atoms with E-state index in [0.717, 1.165) is 5.56 Å². The van der Waals surface area contributed by atoms with Gasteiger partial charge in [0.05, 0.1) is 19.8 Å². The van der Waals surface area contributed by atoms with Crippen molar-refractivity contribution in [1.82, 2.24) is 5.32 Å². The number of hydrogen-bond donors (Lipinski definition) is 1. The highest BCUT2D eigenvalue weighted by atomic mass is 16.5.